The Balaban J connectivity index is 1.47. The lowest BCUT2D eigenvalue weighted by atomic mass is 9.97. The molecule has 40 heavy (non-hydrogen) atoms. The minimum absolute atomic E-state index is 0.250. The average molecular weight is 545 g/mol. The first kappa shape index (κ1) is 25.3. The highest BCUT2D eigenvalue weighted by molar-refractivity contribution is 6.24. The van der Waals surface area contributed by atoms with Crippen molar-refractivity contribution in [3.05, 3.63) is 60.2 Å². The van der Waals surface area contributed by atoms with Crippen molar-refractivity contribution in [2.75, 3.05) is 76.3 Å². The van der Waals surface area contributed by atoms with Gasteiger partial charge in [0.25, 0.3) is 0 Å². The molecule has 7 rings (SSSR count). The van der Waals surface area contributed by atoms with Crippen molar-refractivity contribution < 1.29 is 13.2 Å². The SMILES string of the molecule is CN1CCN(c2ccc3c(c2)c2cc(N4CCN(C)CC4)ccc2c2nc4cc(C(F)(F)F)ccc4nc32)CC1. The molecule has 9 heteroatoms. The number of piperazine rings is 2. The lowest BCUT2D eigenvalue weighted by molar-refractivity contribution is -0.137. The molecule has 0 N–H and O–H groups in total. The van der Waals surface area contributed by atoms with Crippen LogP contribution in [0.5, 0.6) is 0 Å². The second-order valence-electron chi connectivity index (χ2n) is 11.2. The number of benzene rings is 4. The predicted octanol–water partition coefficient (Wildman–Crippen LogP) is 5.61. The summed E-state index contributed by atoms with van der Waals surface area (Å²) in [6.07, 6.45) is -4.44. The van der Waals surface area contributed by atoms with E-state index in [1.807, 2.05) is 0 Å². The van der Waals surface area contributed by atoms with Crippen molar-refractivity contribution in [3.8, 4) is 0 Å². The van der Waals surface area contributed by atoms with Gasteiger partial charge in [0, 0.05) is 74.5 Å². The van der Waals surface area contributed by atoms with Gasteiger partial charge in [0.1, 0.15) is 0 Å². The predicted molar refractivity (Wildman–Crippen MR) is 156 cm³/mol. The van der Waals surface area contributed by atoms with Crippen LogP contribution in [-0.2, 0) is 6.18 Å². The van der Waals surface area contributed by atoms with Gasteiger partial charge in [0.2, 0.25) is 0 Å². The number of nitrogens with zero attached hydrogens (tertiary/aromatic N) is 6. The molecule has 4 aromatic carbocycles. The molecule has 5 aromatic rings. The highest BCUT2D eigenvalue weighted by Gasteiger charge is 2.31. The van der Waals surface area contributed by atoms with Crippen LogP contribution in [0, 0.1) is 0 Å². The van der Waals surface area contributed by atoms with Gasteiger partial charge in [0.15, 0.2) is 0 Å². The summed E-state index contributed by atoms with van der Waals surface area (Å²) in [5.74, 6) is 0. The van der Waals surface area contributed by atoms with Crippen LogP contribution in [0.25, 0.3) is 43.6 Å². The molecular formula is C31H31F3N6. The van der Waals surface area contributed by atoms with Gasteiger partial charge in [-0.2, -0.15) is 13.2 Å². The van der Waals surface area contributed by atoms with Crippen molar-refractivity contribution in [1.29, 1.82) is 0 Å². The van der Waals surface area contributed by atoms with Crippen LogP contribution >= 0.6 is 0 Å². The zero-order valence-corrected chi connectivity index (χ0v) is 22.7. The Morgan fingerprint density at radius 3 is 1.50 bits per heavy atom. The molecule has 0 unspecified atom stereocenters. The molecule has 2 saturated heterocycles. The summed E-state index contributed by atoms with van der Waals surface area (Å²) in [6.45, 7) is 7.86. The van der Waals surface area contributed by atoms with Crippen LogP contribution in [0.4, 0.5) is 24.5 Å². The zero-order valence-electron chi connectivity index (χ0n) is 22.7. The van der Waals surface area contributed by atoms with E-state index in [1.165, 1.54) is 11.8 Å². The number of anilines is 2. The fourth-order valence-electron chi connectivity index (χ4n) is 6.05. The number of aromatic nitrogens is 2. The fourth-order valence-corrected chi connectivity index (χ4v) is 6.05. The van der Waals surface area contributed by atoms with Gasteiger partial charge >= 0.3 is 6.18 Å². The highest BCUT2D eigenvalue weighted by atomic mass is 19.4. The van der Waals surface area contributed by atoms with Gasteiger partial charge < -0.3 is 19.6 Å². The molecule has 3 heterocycles. The normalized spacial score (nSPS) is 18.0. The molecule has 2 fully saturated rings. The molecule has 2 aliphatic heterocycles. The summed E-state index contributed by atoms with van der Waals surface area (Å²) in [7, 11) is 4.29. The second-order valence-corrected chi connectivity index (χ2v) is 11.2. The van der Waals surface area contributed by atoms with E-state index in [4.69, 9.17) is 9.97 Å². The highest BCUT2D eigenvalue weighted by Crippen LogP contribution is 2.39. The number of likely N-dealkylation sites (N-methyl/N-ethyl adjacent to an activating group) is 2. The molecule has 0 amide bonds. The van der Waals surface area contributed by atoms with Gasteiger partial charge in [-0.05, 0) is 67.3 Å². The van der Waals surface area contributed by atoms with Gasteiger partial charge in [-0.15, -0.1) is 0 Å². The fraction of sp³-hybridized carbons (Fsp3) is 0.355. The molecule has 1 aromatic heterocycles. The second kappa shape index (κ2) is 9.45. The maximum atomic E-state index is 13.5. The van der Waals surface area contributed by atoms with E-state index in [0.717, 1.165) is 91.7 Å². The molecular weight excluding hydrogens is 513 g/mol. The Morgan fingerprint density at radius 1 is 0.550 bits per heavy atom. The van der Waals surface area contributed by atoms with E-state index in [1.54, 1.807) is 0 Å². The van der Waals surface area contributed by atoms with Gasteiger partial charge in [-0.1, -0.05) is 12.1 Å². The smallest absolute Gasteiger partial charge is 0.369 e. The molecule has 0 spiro atoms. The number of alkyl halides is 3. The van der Waals surface area contributed by atoms with Crippen LogP contribution in [0.3, 0.4) is 0 Å². The monoisotopic (exact) mass is 544 g/mol. The summed E-state index contributed by atoms with van der Waals surface area (Å²) in [5.41, 5.74) is 3.67. The minimum Gasteiger partial charge on any atom is -0.369 e. The number of hydrogen-bond donors (Lipinski definition) is 0. The summed E-state index contributed by atoms with van der Waals surface area (Å²) in [6, 6.07) is 16.5. The van der Waals surface area contributed by atoms with Crippen molar-refractivity contribution in [2.24, 2.45) is 0 Å². The first-order chi connectivity index (χ1) is 19.2. The Kier molecular flexibility index (Phi) is 5.98. The van der Waals surface area contributed by atoms with Crippen LogP contribution < -0.4 is 9.80 Å². The van der Waals surface area contributed by atoms with Gasteiger partial charge in [0.05, 0.1) is 27.6 Å². The van der Waals surface area contributed by atoms with E-state index in [2.05, 4.69) is 70.1 Å². The number of rotatable bonds is 2. The average Bonchev–Trinajstić information content (AvgIpc) is 2.96. The Labute approximate surface area is 230 Å². The van der Waals surface area contributed by atoms with E-state index in [-0.39, 0.29) is 5.52 Å². The molecule has 0 bridgehead atoms. The summed E-state index contributed by atoms with van der Waals surface area (Å²) < 4.78 is 40.5. The van der Waals surface area contributed by atoms with Crippen molar-refractivity contribution in [2.45, 2.75) is 6.18 Å². The van der Waals surface area contributed by atoms with Crippen molar-refractivity contribution in [3.63, 3.8) is 0 Å². The molecule has 6 nitrogen and oxygen atoms in total. The molecule has 206 valence electrons. The first-order valence-electron chi connectivity index (χ1n) is 13.8. The van der Waals surface area contributed by atoms with E-state index in [9.17, 15) is 13.2 Å². The third-order valence-corrected chi connectivity index (χ3v) is 8.54. The summed E-state index contributed by atoms with van der Waals surface area (Å²) in [5, 5.41) is 4.01. The Hall–Kier alpha value is -3.69. The van der Waals surface area contributed by atoms with Gasteiger partial charge in [-0.25, -0.2) is 9.97 Å². The largest absolute Gasteiger partial charge is 0.416 e. The first-order valence-corrected chi connectivity index (χ1v) is 13.8. The van der Waals surface area contributed by atoms with Crippen molar-refractivity contribution in [1.82, 2.24) is 19.8 Å². The number of fused-ring (bicyclic) bond motifs is 7. The maximum Gasteiger partial charge on any atom is 0.416 e. The lowest BCUT2D eigenvalue weighted by Crippen LogP contribution is -2.44. The van der Waals surface area contributed by atoms with E-state index < -0.39 is 11.7 Å². The molecule has 0 atom stereocenters. The number of hydrogen-bond acceptors (Lipinski definition) is 6. The Morgan fingerprint density at radius 2 is 1.02 bits per heavy atom. The third-order valence-electron chi connectivity index (χ3n) is 8.54. The third kappa shape index (κ3) is 4.37. The van der Waals surface area contributed by atoms with Crippen LogP contribution in [0.1, 0.15) is 5.56 Å². The molecule has 2 aliphatic rings. The number of halogens is 3. The standard InChI is InChI=1S/C31H31F3N6/c1-37-9-13-39(14-10-37)21-4-6-23-25(18-21)26-19-22(40-15-11-38(2)12-16-40)5-7-24(26)30-29(23)35-27-8-3-20(31(32,33)34)17-28(27)36-30/h3-8,17-19H,9-16H2,1-2H3. The summed E-state index contributed by atoms with van der Waals surface area (Å²) in [4.78, 5) is 19.2. The van der Waals surface area contributed by atoms with Crippen LogP contribution in [-0.4, -0.2) is 86.2 Å². The molecule has 0 saturated carbocycles. The van der Waals surface area contributed by atoms with Gasteiger partial charge in [-0.3, -0.25) is 0 Å². The van der Waals surface area contributed by atoms with Crippen LogP contribution in [0.15, 0.2) is 54.6 Å². The van der Waals surface area contributed by atoms with Crippen molar-refractivity contribution >= 4 is 55.0 Å². The maximum absolute atomic E-state index is 13.5. The van der Waals surface area contributed by atoms with E-state index in [0.29, 0.717) is 16.6 Å². The lowest BCUT2D eigenvalue weighted by Gasteiger charge is -2.34. The van der Waals surface area contributed by atoms with E-state index >= 15 is 0 Å². The topological polar surface area (TPSA) is 38.7 Å². The minimum atomic E-state index is -4.44. The zero-order chi connectivity index (χ0) is 27.6. The summed E-state index contributed by atoms with van der Waals surface area (Å²) >= 11 is 0. The quantitative estimate of drug-likeness (QED) is 0.213. The molecule has 0 radical (unpaired) electrons. The van der Waals surface area contributed by atoms with Crippen LogP contribution in [0.2, 0.25) is 0 Å². The Bertz CT molecular complexity index is 1750. The molecule has 0 aliphatic carbocycles.